The second-order valence-electron chi connectivity index (χ2n) is 5.99. The molecule has 1 aromatic carbocycles. The van der Waals surface area contributed by atoms with E-state index in [4.69, 9.17) is 4.74 Å². The lowest BCUT2D eigenvalue weighted by Gasteiger charge is -2.19. The maximum atomic E-state index is 11.9. The summed E-state index contributed by atoms with van der Waals surface area (Å²) in [6, 6.07) is 8.64. The number of amides is 1. The van der Waals surface area contributed by atoms with Crippen LogP contribution in [0.15, 0.2) is 24.3 Å². The van der Waals surface area contributed by atoms with Gasteiger partial charge in [-0.15, -0.1) is 0 Å². The summed E-state index contributed by atoms with van der Waals surface area (Å²) in [5, 5.41) is 2.92. The Morgan fingerprint density at radius 1 is 1.24 bits per heavy atom. The largest absolute Gasteiger partial charge is 0.383 e. The standard InChI is InChI=1S/C17H28N2O2/c1-13(2)16-8-6-15(7-9-16)10-19(4)11-17(20)18-14(3)12-21-5/h6-9,13-14H,10-12H2,1-5H3,(H,18,20)/t14-/m0/s1. The molecule has 4 heteroatoms. The van der Waals surface area contributed by atoms with Crippen molar-refractivity contribution in [3.05, 3.63) is 35.4 Å². The van der Waals surface area contributed by atoms with E-state index in [2.05, 4.69) is 43.4 Å². The van der Waals surface area contributed by atoms with Gasteiger partial charge in [-0.2, -0.15) is 0 Å². The van der Waals surface area contributed by atoms with Crippen LogP contribution in [0.25, 0.3) is 0 Å². The molecule has 0 saturated heterocycles. The fourth-order valence-electron chi connectivity index (χ4n) is 2.23. The molecule has 0 saturated carbocycles. The lowest BCUT2D eigenvalue weighted by molar-refractivity contribution is -0.123. The van der Waals surface area contributed by atoms with Crippen molar-refractivity contribution in [3.8, 4) is 0 Å². The Kier molecular flexibility index (Phi) is 7.40. The molecule has 1 aromatic rings. The number of hydrogen-bond donors (Lipinski definition) is 1. The average molecular weight is 292 g/mol. The van der Waals surface area contributed by atoms with Crippen LogP contribution in [-0.2, 0) is 16.1 Å². The van der Waals surface area contributed by atoms with Crippen LogP contribution in [0.1, 0.15) is 37.8 Å². The highest BCUT2D eigenvalue weighted by atomic mass is 16.5. The maximum absolute atomic E-state index is 11.9. The number of likely N-dealkylation sites (N-methyl/N-ethyl adjacent to an activating group) is 1. The van der Waals surface area contributed by atoms with Gasteiger partial charge in [0.1, 0.15) is 0 Å². The summed E-state index contributed by atoms with van der Waals surface area (Å²) < 4.78 is 5.01. The van der Waals surface area contributed by atoms with Gasteiger partial charge in [0.25, 0.3) is 0 Å². The van der Waals surface area contributed by atoms with Gasteiger partial charge in [0.15, 0.2) is 0 Å². The Morgan fingerprint density at radius 3 is 2.38 bits per heavy atom. The molecule has 0 aliphatic heterocycles. The predicted octanol–water partition coefficient (Wildman–Crippen LogP) is 2.39. The highest BCUT2D eigenvalue weighted by Gasteiger charge is 2.10. The second kappa shape index (κ2) is 8.80. The summed E-state index contributed by atoms with van der Waals surface area (Å²) in [5.41, 5.74) is 2.56. The number of hydrogen-bond acceptors (Lipinski definition) is 3. The zero-order valence-corrected chi connectivity index (χ0v) is 13.8. The van der Waals surface area contributed by atoms with Crippen molar-refractivity contribution in [2.75, 3.05) is 27.3 Å². The normalized spacial score (nSPS) is 12.7. The van der Waals surface area contributed by atoms with E-state index in [1.807, 2.05) is 18.9 Å². The van der Waals surface area contributed by atoms with Crippen molar-refractivity contribution >= 4 is 5.91 Å². The average Bonchev–Trinajstić information content (AvgIpc) is 2.38. The first-order valence-electron chi connectivity index (χ1n) is 7.48. The van der Waals surface area contributed by atoms with Crippen LogP contribution in [0.5, 0.6) is 0 Å². The Bertz CT molecular complexity index is 429. The quantitative estimate of drug-likeness (QED) is 0.800. The molecule has 1 N–H and O–H groups in total. The van der Waals surface area contributed by atoms with Crippen molar-refractivity contribution in [1.29, 1.82) is 0 Å². The fourth-order valence-corrected chi connectivity index (χ4v) is 2.23. The third-order valence-electron chi connectivity index (χ3n) is 3.34. The van der Waals surface area contributed by atoms with Gasteiger partial charge in [-0.05, 0) is 31.0 Å². The van der Waals surface area contributed by atoms with Gasteiger partial charge < -0.3 is 10.1 Å². The van der Waals surface area contributed by atoms with Crippen LogP contribution in [0.3, 0.4) is 0 Å². The summed E-state index contributed by atoms with van der Waals surface area (Å²) >= 11 is 0. The van der Waals surface area contributed by atoms with Crippen molar-refractivity contribution in [1.82, 2.24) is 10.2 Å². The summed E-state index contributed by atoms with van der Waals surface area (Å²) in [7, 11) is 3.59. The van der Waals surface area contributed by atoms with E-state index in [-0.39, 0.29) is 11.9 Å². The predicted molar refractivity (Wildman–Crippen MR) is 86.3 cm³/mol. The number of nitrogens with zero attached hydrogens (tertiary/aromatic N) is 1. The van der Waals surface area contributed by atoms with Gasteiger partial charge in [0, 0.05) is 19.7 Å². The van der Waals surface area contributed by atoms with Crippen molar-refractivity contribution in [2.45, 2.75) is 39.3 Å². The molecule has 1 amide bonds. The number of nitrogens with one attached hydrogen (secondary N) is 1. The second-order valence-corrected chi connectivity index (χ2v) is 5.99. The van der Waals surface area contributed by atoms with E-state index in [1.54, 1.807) is 7.11 Å². The molecule has 118 valence electrons. The Balaban J connectivity index is 2.42. The van der Waals surface area contributed by atoms with Gasteiger partial charge >= 0.3 is 0 Å². The molecule has 4 nitrogen and oxygen atoms in total. The highest BCUT2D eigenvalue weighted by Crippen LogP contribution is 2.15. The van der Waals surface area contributed by atoms with E-state index < -0.39 is 0 Å². The molecule has 0 unspecified atom stereocenters. The van der Waals surface area contributed by atoms with Crippen LogP contribution in [0.4, 0.5) is 0 Å². The first-order chi connectivity index (χ1) is 9.92. The molecule has 0 bridgehead atoms. The van der Waals surface area contributed by atoms with Gasteiger partial charge in [-0.3, -0.25) is 9.69 Å². The number of benzene rings is 1. The molecule has 0 aromatic heterocycles. The minimum Gasteiger partial charge on any atom is -0.383 e. The molecule has 21 heavy (non-hydrogen) atoms. The number of carbonyl (C=O) groups excluding carboxylic acids is 1. The number of ether oxygens (including phenoxy) is 1. The lowest BCUT2D eigenvalue weighted by Crippen LogP contribution is -2.41. The minimum atomic E-state index is 0.0286. The Morgan fingerprint density at radius 2 is 1.86 bits per heavy atom. The SMILES string of the molecule is COC[C@H](C)NC(=O)CN(C)Cc1ccc(C(C)C)cc1. The topological polar surface area (TPSA) is 41.6 Å². The van der Waals surface area contributed by atoms with E-state index in [9.17, 15) is 4.79 Å². The van der Waals surface area contributed by atoms with Gasteiger partial charge in [0.05, 0.1) is 13.2 Å². The van der Waals surface area contributed by atoms with Crippen molar-refractivity contribution < 1.29 is 9.53 Å². The molecule has 0 radical (unpaired) electrons. The van der Waals surface area contributed by atoms with Crippen molar-refractivity contribution in [3.63, 3.8) is 0 Å². The number of carbonyl (C=O) groups is 1. The van der Waals surface area contributed by atoms with Crippen LogP contribution in [0, 0.1) is 0 Å². The van der Waals surface area contributed by atoms with E-state index >= 15 is 0 Å². The lowest BCUT2D eigenvalue weighted by atomic mass is 10.0. The summed E-state index contributed by atoms with van der Waals surface area (Å²) in [5.74, 6) is 0.575. The van der Waals surface area contributed by atoms with Crippen molar-refractivity contribution in [2.24, 2.45) is 0 Å². The summed E-state index contributed by atoms with van der Waals surface area (Å²) in [6.07, 6.45) is 0. The van der Waals surface area contributed by atoms with Crippen LogP contribution in [0.2, 0.25) is 0 Å². The van der Waals surface area contributed by atoms with E-state index in [0.29, 0.717) is 19.1 Å². The van der Waals surface area contributed by atoms with E-state index in [0.717, 1.165) is 6.54 Å². The third-order valence-corrected chi connectivity index (χ3v) is 3.34. The smallest absolute Gasteiger partial charge is 0.234 e. The zero-order chi connectivity index (χ0) is 15.8. The summed E-state index contributed by atoms with van der Waals surface area (Å²) in [4.78, 5) is 13.9. The number of rotatable bonds is 8. The molecule has 0 spiro atoms. The van der Waals surface area contributed by atoms with Gasteiger partial charge in [-0.1, -0.05) is 38.1 Å². The van der Waals surface area contributed by atoms with Crippen LogP contribution in [-0.4, -0.2) is 44.2 Å². The molecule has 0 aliphatic carbocycles. The molecular weight excluding hydrogens is 264 g/mol. The van der Waals surface area contributed by atoms with Crippen LogP contribution < -0.4 is 5.32 Å². The minimum absolute atomic E-state index is 0.0286. The summed E-state index contributed by atoms with van der Waals surface area (Å²) in [6.45, 7) is 8.00. The Labute approximate surface area is 128 Å². The molecule has 0 heterocycles. The molecular formula is C17H28N2O2. The first-order valence-corrected chi connectivity index (χ1v) is 7.48. The number of methoxy groups -OCH3 is 1. The molecule has 1 atom stereocenters. The molecule has 0 aliphatic rings. The van der Waals surface area contributed by atoms with E-state index in [1.165, 1.54) is 11.1 Å². The molecule has 1 rings (SSSR count). The van der Waals surface area contributed by atoms with Gasteiger partial charge in [0.2, 0.25) is 5.91 Å². The highest BCUT2D eigenvalue weighted by molar-refractivity contribution is 5.78. The first kappa shape index (κ1) is 17.7. The van der Waals surface area contributed by atoms with Gasteiger partial charge in [-0.25, -0.2) is 0 Å². The molecule has 0 fully saturated rings. The fraction of sp³-hybridized carbons (Fsp3) is 0.588. The zero-order valence-electron chi connectivity index (χ0n) is 13.8. The van der Waals surface area contributed by atoms with Crippen LogP contribution >= 0.6 is 0 Å². The monoisotopic (exact) mass is 292 g/mol. The Hall–Kier alpha value is -1.39. The third kappa shape index (κ3) is 6.74. The maximum Gasteiger partial charge on any atom is 0.234 e.